The largest absolute Gasteiger partial charge is 0.377 e. The Balaban J connectivity index is 1.89. The molecule has 5 heteroatoms. The molecule has 24 heavy (non-hydrogen) atoms. The van der Waals surface area contributed by atoms with E-state index in [0.717, 1.165) is 22.6 Å². The lowest BCUT2D eigenvalue weighted by Crippen LogP contribution is -2.55. The van der Waals surface area contributed by atoms with Crippen LogP contribution in [-0.4, -0.2) is 45.7 Å². The van der Waals surface area contributed by atoms with Crippen molar-refractivity contribution in [2.75, 3.05) is 19.8 Å². The van der Waals surface area contributed by atoms with Crippen molar-refractivity contribution in [3.63, 3.8) is 0 Å². The van der Waals surface area contributed by atoms with Gasteiger partial charge in [-0.3, -0.25) is 9.78 Å². The molecule has 1 saturated heterocycles. The third-order valence-electron chi connectivity index (χ3n) is 4.74. The summed E-state index contributed by atoms with van der Waals surface area (Å²) >= 11 is 0. The quantitative estimate of drug-likeness (QED) is 0.871. The summed E-state index contributed by atoms with van der Waals surface area (Å²) in [6.45, 7) is 10.6. The van der Waals surface area contributed by atoms with Crippen molar-refractivity contribution in [2.45, 2.75) is 39.8 Å². The van der Waals surface area contributed by atoms with Crippen LogP contribution in [0.4, 0.5) is 0 Å². The number of aromatic nitrogens is 2. The molecule has 2 aromatic rings. The van der Waals surface area contributed by atoms with Gasteiger partial charge in [-0.2, -0.15) is 0 Å². The highest BCUT2D eigenvalue weighted by atomic mass is 16.5. The summed E-state index contributed by atoms with van der Waals surface area (Å²) < 4.78 is 7.69. The smallest absolute Gasteiger partial charge is 0.256 e. The molecule has 0 radical (unpaired) electrons. The van der Waals surface area contributed by atoms with E-state index in [-0.39, 0.29) is 11.4 Å². The highest BCUT2D eigenvalue weighted by Crippen LogP contribution is 2.25. The van der Waals surface area contributed by atoms with E-state index < -0.39 is 0 Å². The summed E-state index contributed by atoms with van der Waals surface area (Å²) in [5, 5.41) is 0. The van der Waals surface area contributed by atoms with E-state index in [1.807, 2.05) is 43.0 Å². The zero-order chi connectivity index (χ0) is 17.3. The fraction of sp³-hybridized carbons (Fsp3) is 0.474. The second-order valence-electron chi connectivity index (χ2n) is 7.01. The van der Waals surface area contributed by atoms with Crippen molar-refractivity contribution in [3.8, 4) is 0 Å². The number of carbonyl (C=O) groups is 1. The summed E-state index contributed by atoms with van der Waals surface area (Å²) in [4.78, 5) is 19.4. The molecule has 0 spiro atoms. The molecule has 0 bridgehead atoms. The minimum absolute atomic E-state index is 0.0867. The van der Waals surface area contributed by atoms with Crippen molar-refractivity contribution >= 4 is 5.91 Å². The van der Waals surface area contributed by atoms with Crippen LogP contribution in [0.5, 0.6) is 0 Å². The van der Waals surface area contributed by atoms with Crippen molar-refractivity contribution in [2.24, 2.45) is 0 Å². The Morgan fingerprint density at radius 2 is 2.12 bits per heavy atom. The van der Waals surface area contributed by atoms with Crippen LogP contribution in [0.25, 0.3) is 0 Å². The first kappa shape index (κ1) is 16.7. The molecular formula is C19H25N3O2. The Labute approximate surface area is 143 Å². The second kappa shape index (κ2) is 6.40. The van der Waals surface area contributed by atoms with E-state index in [2.05, 4.69) is 23.4 Å². The van der Waals surface area contributed by atoms with Crippen LogP contribution in [0.3, 0.4) is 0 Å². The van der Waals surface area contributed by atoms with Crippen molar-refractivity contribution in [3.05, 3.63) is 53.1 Å². The third-order valence-corrected chi connectivity index (χ3v) is 4.74. The molecule has 1 aliphatic heterocycles. The number of amides is 1. The lowest BCUT2D eigenvalue weighted by Gasteiger charge is -2.42. The topological polar surface area (TPSA) is 47.4 Å². The van der Waals surface area contributed by atoms with E-state index in [9.17, 15) is 4.79 Å². The lowest BCUT2D eigenvalue weighted by atomic mass is 10.0. The van der Waals surface area contributed by atoms with Gasteiger partial charge in [0.2, 0.25) is 0 Å². The Bertz CT molecular complexity index is 735. The van der Waals surface area contributed by atoms with Crippen molar-refractivity contribution in [1.29, 1.82) is 0 Å². The Morgan fingerprint density at radius 3 is 2.79 bits per heavy atom. The average Bonchev–Trinajstić information content (AvgIpc) is 2.83. The molecule has 5 nitrogen and oxygen atoms in total. The molecule has 0 unspecified atom stereocenters. The molecule has 0 saturated carbocycles. The van der Waals surface area contributed by atoms with Crippen LogP contribution < -0.4 is 0 Å². The van der Waals surface area contributed by atoms with Gasteiger partial charge in [-0.1, -0.05) is 6.07 Å². The maximum Gasteiger partial charge on any atom is 0.256 e. The summed E-state index contributed by atoms with van der Waals surface area (Å²) in [7, 11) is 0. The van der Waals surface area contributed by atoms with Gasteiger partial charge in [0.25, 0.3) is 5.91 Å². The second-order valence-corrected chi connectivity index (χ2v) is 7.01. The number of morpholine rings is 1. The van der Waals surface area contributed by atoms with Gasteiger partial charge in [0.15, 0.2) is 0 Å². The normalized spacial score (nSPS) is 17.1. The third kappa shape index (κ3) is 3.08. The number of carbonyl (C=O) groups excluding carboxylic acids is 1. The van der Waals surface area contributed by atoms with Gasteiger partial charge in [-0.05, 0) is 45.9 Å². The molecule has 0 atom stereocenters. The zero-order valence-electron chi connectivity index (χ0n) is 14.9. The first-order valence-corrected chi connectivity index (χ1v) is 8.36. The monoisotopic (exact) mass is 327 g/mol. The lowest BCUT2D eigenvalue weighted by molar-refractivity contribution is -0.0371. The highest BCUT2D eigenvalue weighted by molar-refractivity contribution is 5.96. The summed E-state index contributed by atoms with van der Waals surface area (Å²) in [5.74, 6) is 0.0867. The standard InChI is InChI=1S/C19H25N3O2/c1-14-11-17(18(23)22-9-10-24-13-19(22,3)4)15(2)21(14)12-16-7-5-6-8-20-16/h5-8,11H,9-10,12-13H2,1-4H3. The van der Waals surface area contributed by atoms with Gasteiger partial charge in [0.1, 0.15) is 0 Å². The highest BCUT2D eigenvalue weighted by Gasteiger charge is 2.35. The first-order valence-electron chi connectivity index (χ1n) is 8.36. The summed E-state index contributed by atoms with van der Waals surface area (Å²) in [6.07, 6.45) is 1.80. The predicted molar refractivity (Wildman–Crippen MR) is 93.2 cm³/mol. The van der Waals surface area contributed by atoms with Gasteiger partial charge in [-0.25, -0.2) is 0 Å². The number of aryl methyl sites for hydroxylation is 1. The number of hydrogen-bond acceptors (Lipinski definition) is 3. The maximum absolute atomic E-state index is 13.1. The van der Waals surface area contributed by atoms with Crippen molar-refractivity contribution < 1.29 is 9.53 Å². The number of pyridine rings is 1. The number of nitrogens with zero attached hydrogens (tertiary/aromatic N) is 3. The fourth-order valence-electron chi connectivity index (χ4n) is 3.29. The molecule has 1 amide bonds. The maximum atomic E-state index is 13.1. The number of hydrogen-bond donors (Lipinski definition) is 0. The molecule has 1 aliphatic rings. The van der Waals surface area contributed by atoms with Crippen LogP contribution in [0.15, 0.2) is 30.5 Å². The minimum Gasteiger partial charge on any atom is -0.377 e. The number of rotatable bonds is 3. The van der Waals surface area contributed by atoms with Gasteiger partial charge in [-0.15, -0.1) is 0 Å². The first-order chi connectivity index (χ1) is 11.4. The van der Waals surface area contributed by atoms with E-state index in [1.54, 1.807) is 6.20 Å². The Kier molecular flexibility index (Phi) is 4.45. The van der Waals surface area contributed by atoms with E-state index in [4.69, 9.17) is 4.74 Å². The van der Waals surface area contributed by atoms with Crippen molar-refractivity contribution in [1.82, 2.24) is 14.5 Å². The van der Waals surface area contributed by atoms with E-state index in [1.165, 1.54) is 0 Å². The van der Waals surface area contributed by atoms with Gasteiger partial charge in [0, 0.05) is 24.1 Å². The summed E-state index contributed by atoms with van der Waals surface area (Å²) in [5.41, 5.74) is 3.56. The molecule has 0 N–H and O–H groups in total. The summed E-state index contributed by atoms with van der Waals surface area (Å²) in [6, 6.07) is 7.89. The van der Waals surface area contributed by atoms with E-state index >= 15 is 0 Å². The zero-order valence-corrected chi connectivity index (χ0v) is 14.9. The molecule has 3 rings (SSSR count). The van der Waals surface area contributed by atoms with Gasteiger partial charge in [0.05, 0.1) is 36.6 Å². The molecule has 1 fully saturated rings. The molecule has 3 heterocycles. The van der Waals surface area contributed by atoms with E-state index in [0.29, 0.717) is 26.3 Å². The van der Waals surface area contributed by atoms with Crippen LogP contribution in [0.2, 0.25) is 0 Å². The SMILES string of the molecule is Cc1cc(C(=O)N2CCOCC2(C)C)c(C)n1Cc1ccccn1. The molecule has 0 aliphatic carbocycles. The molecule has 128 valence electrons. The van der Waals surface area contributed by atoms with Crippen LogP contribution in [-0.2, 0) is 11.3 Å². The van der Waals surface area contributed by atoms with Gasteiger partial charge >= 0.3 is 0 Å². The predicted octanol–water partition coefficient (Wildman–Crippen LogP) is 2.80. The average molecular weight is 327 g/mol. The Morgan fingerprint density at radius 1 is 1.33 bits per heavy atom. The molecule has 0 aromatic carbocycles. The number of ether oxygens (including phenoxy) is 1. The molecular weight excluding hydrogens is 302 g/mol. The van der Waals surface area contributed by atoms with Crippen LogP contribution in [0, 0.1) is 13.8 Å². The van der Waals surface area contributed by atoms with Crippen LogP contribution >= 0.6 is 0 Å². The minimum atomic E-state index is -0.279. The fourth-order valence-corrected chi connectivity index (χ4v) is 3.29. The Hall–Kier alpha value is -2.14. The van der Waals surface area contributed by atoms with Crippen LogP contribution in [0.1, 0.15) is 41.3 Å². The molecule has 2 aromatic heterocycles. The van der Waals surface area contributed by atoms with Gasteiger partial charge < -0.3 is 14.2 Å².